The molecule has 11 heteroatoms. The van der Waals surface area contributed by atoms with Gasteiger partial charge in [-0.25, -0.2) is 0 Å². The van der Waals surface area contributed by atoms with Crippen LogP contribution in [-0.4, -0.2) is 44.8 Å². The van der Waals surface area contributed by atoms with E-state index in [4.69, 9.17) is 9.47 Å². The van der Waals surface area contributed by atoms with Crippen LogP contribution in [0.25, 0.3) is 5.57 Å². The van der Waals surface area contributed by atoms with E-state index in [1.807, 2.05) is 60.7 Å². The van der Waals surface area contributed by atoms with Crippen molar-refractivity contribution in [1.82, 2.24) is 30.6 Å². The van der Waals surface area contributed by atoms with Crippen molar-refractivity contribution in [1.29, 1.82) is 5.26 Å². The molecule has 0 saturated heterocycles. The first-order chi connectivity index (χ1) is 16.7. The molecule has 0 saturated carbocycles. The summed E-state index contributed by atoms with van der Waals surface area (Å²) in [5, 5.41) is 25.6. The number of hydrogen-bond acceptors (Lipinski definition) is 10. The Bertz CT molecular complexity index is 1270. The van der Waals surface area contributed by atoms with Crippen molar-refractivity contribution in [2.24, 2.45) is 0 Å². The lowest BCUT2D eigenvalue weighted by Gasteiger charge is -2.17. The van der Waals surface area contributed by atoms with Crippen molar-refractivity contribution < 1.29 is 9.47 Å². The van der Waals surface area contributed by atoms with Crippen molar-refractivity contribution in [2.45, 2.75) is 10.1 Å². The topological polar surface area (TPSA) is 135 Å². The number of nitrogens with zero attached hydrogens (tertiary/aromatic N) is 6. The molecule has 2 aromatic carbocycles. The highest BCUT2D eigenvalue weighted by atomic mass is 32.2. The zero-order valence-electron chi connectivity index (χ0n) is 18.3. The minimum absolute atomic E-state index is 0.188. The lowest BCUT2D eigenvalue weighted by molar-refractivity contribution is 0.368. The Kier molecular flexibility index (Phi) is 7.32. The summed E-state index contributed by atoms with van der Waals surface area (Å²) in [5.74, 6) is 1.67. The van der Waals surface area contributed by atoms with Gasteiger partial charge in [-0.1, -0.05) is 30.3 Å². The van der Waals surface area contributed by atoms with Gasteiger partial charge in [-0.3, -0.25) is 0 Å². The molecule has 0 fully saturated rings. The average molecular weight is 473 g/mol. The molecule has 2 heterocycles. The van der Waals surface area contributed by atoms with Gasteiger partial charge in [0.1, 0.15) is 11.6 Å². The predicted octanol–water partition coefficient (Wildman–Crippen LogP) is 3.87. The largest absolute Gasteiger partial charge is 0.481 e. The van der Waals surface area contributed by atoms with E-state index in [1.165, 1.54) is 6.20 Å². The van der Waals surface area contributed by atoms with Gasteiger partial charge in [-0.2, -0.15) is 20.4 Å². The summed E-state index contributed by atoms with van der Waals surface area (Å²) < 4.78 is 10.7. The number of ether oxygens (including phenoxy) is 2. The molecule has 0 aliphatic carbocycles. The molecule has 1 unspecified atom stereocenters. The van der Waals surface area contributed by atoms with Crippen LogP contribution in [0.3, 0.4) is 0 Å². The number of aromatic nitrogens is 6. The molecule has 10 nitrogen and oxygen atoms in total. The fourth-order valence-corrected chi connectivity index (χ4v) is 4.06. The number of nitriles is 1. The van der Waals surface area contributed by atoms with Crippen molar-refractivity contribution in [3.63, 3.8) is 0 Å². The van der Waals surface area contributed by atoms with Gasteiger partial charge in [0.25, 0.3) is 0 Å². The highest BCUT2D eigenvalue weighted by molar-refractivity contribution is 7.99. The molecule has 2 aromatic heterocycles. The molecular weight excluding hydrogens is 452 g/mol. The Hall–Kier alpha value is -4.43. The third kappa shape index (κ3) is 5.48. The number of methoxy groups -OCH3 is 2. The zero-order valence-corrected chi connectivity index (χ0v) is 19.2. The molecule has 4 rings (SSSR count). The minimum Gasteiger partial charge on any atom is -0.481 e. The van der Waals surface area contributed by atoms with Crippen LogP contribution in [0.4, 0.5) is 5.69 Å². The Labute approximate surface area is 200 Å². The molecule has 1 atom stereocenters. The second-order valence-corrected chi connectivity index (χ2v) is 7.97. The summed E-state index contributed by atoms with van der Waals surface area (Å²) in [6.07, 6.45) is 1.54. The van der Waals surface area contributed by atoms with Gasteiger partial charge in [-0.15, -0.1) is 22.0 Å². The summed E-state index contributed by atoms with van der Waals surface area (Å²) in [6.45, 7) is 0. The van der Waals surface area contributed by atoms with E-state index in [2.05, 4.69) is 35.9 Å². The van der Waals surface area contributed by atoms with Crippen molar-refractivity contribution in [2.75, 3.05) is 19.5 Å². The van der Waals surface area contributed by atoms with E-state index in [0.29, 0.717) is 17.6 Å². The second kappa shape index (κ2) is 10.9. The number of allylic oxidation sites excluding steroid dienone is 1. The number of H-pyrrole nitrogens is 1. The minimum atomic E-state index is -0.188. The van der Waals surface area contributed by atoms with E-state index in [0.717, 1.165) is 16.1 Å². The first-order valence-corrected chi connectivity index (χ1v) is 11.0. The van der Waals surface area contributed by atoms with Gasteiger partial charge in [0.15, 0.2) is 5.82 Å². The summed E-state index contributed by atoms with van der Waals surface area (Å²) in [7, 11) is 3.12. The van der Waals surface area contributed by atoms with Gasteiger partial charge < -0.3 is 14.8 Å². The molecular formula is C23H20N8O2S. The van der Waals surface area contributed by atoms with E-state index < -0.39 is 0 Å². The number of tetrazole rings is 1. The van der Waals surface area contributed by atoms with Crippen LogP contribution in [0.5, 0.6) is 11.8 Å². The highest BCUT2D eigenvalue weighted by Gasteiger charge is 2.21. The van der Waals surface area contributed by atoms with E-state index in [9.17, 15) is 5.26 Å². The van der Waals surface area contributed by atoms with E-state index in [-0.39, 0.29) is 16.6 Å². The monoisotopic (exact) mass is 472 g/mol. The Balaban J connectivity index is 1.57. The Morgan fingerprint density at radius 1 is 1.06 bits per heavy atom. The molecule has 2 N–H and O–H groups in total. The van der Waals surface area contributed by atoms with Crippen LogP contribution in [0.1, 0.15) is 22.5 Å². The zero-order chi connectivity index (χ0) is 23.8. The quantitative estimate of drug-likeness (QED) is 0.273. The summed E-state index contributed by atoms with van der Waals surface area (Å²) >= 11 is 1.60. The van der Waals surface area contributed by atoms with Crippen LogP contribution in [0.2, 0.25) is 0 Å². The SMILES string of the molecule is COc1cc(OC)nc(C(Sc2ccc(NC=C(C#N)c3nn[nH]n3)cc2)c2ccccc2)n1. The van der Waals surface area contributed by atoms with E-state index in [1.54, 1.807) is 32.0 Å². The van der Waals surface area contributed by atoms with Crippen molar-refractivity contribution in [3.05, 3.63) is 84.1 Å². The first kappa shape index (κ1) is 22.8. The molecule has 0 bridgehead atoms. The maximum absolute atomic E-state index is 9.30. The number of thioether (sulfide) groups is 1. The standard InChI is InChI=1S/C23H20N8O2S/c1-32-19-12-20(33-2)27-23(26-19)21(15-6-4-3-5-7-15)34-18-10-8-17(9-11-18)25-14-16(13-24)22-28-30-31-29-22/h3-12,14,21,25H,1-2H3,(H,28,29,30,31). The predicted molar refractivity (Wildman–Crippen MR) is 127 cm³/mol. The lowest BCUT2D eigenvalue weighted by Crippen LogP contribution is -2.06. The second-order valence-electron chi connectivity index (χ2n) is 6.79. The smallest absolute Gasteiger partial charge is 0.220 e. The molecule has 0 radical (unpaired) electrons. The average Bonchev–Trinajstić information content (AvgIpc) is 3.43. The highest BCUT2D eigenvalue weighted by Crippen LogP contribution is 2.40. The molecule has 0 aliphatic heterocycles. The fourth-order valence-electron chi connectivity index (χ4n) is 2.99. The molecule has 4 aromatic rings. The number of rotatable bonds is 9. The molecule has 0 amide bonds. The number of benzene rings is 2. The van der Waals surface area contributed by atoms with Gasteiger partial charge in [0.2, 0.25) is 17.6 Å². The lowest BCUT2D eigenvalue weighted by atomic mass is 10.1. The summed E-state index contributed by atoms with van der Waals surface area (Å²) in [5.41, 5.74) is 2.11. The van der Waals surface area contributed by atoms with Gasteiger partial charge in [0.05, 0.1) is 25.5 Å². The molecule has 34 heavy (non-hydrogen) atoms. The van der Waals surface area contributed by atoms with Crippen LogP contribution < -0.4 is 14.8 Å². The first-order valence-electron chi connectivity index (χ1n) is 10.1. The van der Waals surface area contributed by atoms with Gasteiger partial charge in [0, 0.05) is 16.8 Å². The van der Waals surface area contributed by atoms with Crippen LogP contribution in [-0.2, 0) is 0 Å². The third-order valence-electron chi connectivity index (χ3n) is 4.65. The fraction of sp³-hybridized carbons (Fsp3) is 0.130. The molecule has 0 aliphatic rings. The van der Waals surface area contributed by atoms with Crippen LogP contribution >= 0.6 is 11.8 Å². The number of hydrogen-bond donors (Lipinski definition) is 2. The van der Waals surface area contributed by atoms with E-state index >= 15 is 0 Å². The molecule has 170 valence electrons. The third-order valence-corrected chi connectivity index (χ3v) is 5.91. The number of aromatic amines is 1. The summed E-state index contributed by atoms with van der Waals surface area (Å²) in [4.78, 5) is 10.1. The summed E-state index contributed by atoms with van der Waals surface area (Å²) in [6, 6.07) is 21.5. The van der Waals surface area contributed by atoms with Gasteiger partial charge >= 0.3 is 0 Å². The maximum Gasteiger partial charge on any atom is 0.220 e. The normalized spacial score (nSPS) is 12.0. The van der Waals surface area contributed by atoms with Crippen molar-refractivity contribution in [3.8, 4) is 17.8 Å². The number of nitrogens with one attached hydrogen (secondary N) is 2. The van der Waals surface area contributed by atoms with Crippen LogP contribution in [0, 0.1) is 11.3 Å². The Morgan fingerprint density at radius 2 is 1.76 bits per heavy atom. The molecule has 0 spiro atoms. The maximum atomic E-state index is 9.30. The Morgan fingerprint density at radius 3 is 2.35 bits per heavy atom. The van der Waals surface area contributed by atoms with Crippen molar-refractivity contribution >= 4 is 23.0 Å². The van der Waals surface area contributed by atoms with Gasteiger partial charge in [-0.05, 0) is 35.0 Å². The van der Waals surface area contributed by atoms with Crippen LogP contribution in [0.15, 0.2) is 71.8 Å². The number of anilines is 1.